The van der Waals surface area contributed by atoms with Crippen molar-refractivity contribution in [2.45, 2.75) is 31.9 Å². The molecule has 39 heavy (non-hydrogen) atoms. The Balaban J connectivity index is 1.94. The number of nitrogens with one attached hydrogen (secondary N) is 1. The molecule has 12 heteroatoms. The first-order valence-electron chi connectivity index (χ1n) is 11.3. The van der Waals surface area contributed by atoms with Crippen LogP contribution < -0.4 is 10.2 Å². The highest BCUT2D eigenvalue weighted by Gasteiger charge is 2.73. The van der Waals surface area contributed by atoms with Crippen LogP contribution in [-0.4, -0.2) is 37.0 Å². The Morgan fingerprint density at radius 2 is 1.33 bits per heavy atom. The summed E-state index contributed by atoms with van der Waals surface area (Å²) in [7, 11) is 0. The van der Waals surface area contributed by atoms with Gasteiger partial charge in [0.05, 0.1) is 6.54 Å². The largest absolute Gasteiger partial charge is 0.435 e. The first-order chi connectivity index (χ1) is 18.1. The number of benzene rings is 3. The highest BCUT2D eigenvalue weighted by molar-refractivity contribution is 6.09. The zero-order chi connectivity index (χ0) is 29.2. The second-order valence-corrected chi connectivity index (χ2v) is 8.59. The Morgan fingerprint density at radius 3 is 1.85 bits per heavy atom. The Labute approximate surface area is 218 Å². The number of carbonyl (C=O) groups excluding carboxylic acids is 3. The summed E-state index contributed by atoms with van der Waals surface area (Å²) in [5.74, 6) is -1.33. The maximum atomic E-state index is 14.5. The van der Waals surface area contributed by atoms with Crippen molar-refractivity contribution in [2.24, 2.45) is 0 Å². The van der Waals surface area contributed by atoms with E-state index in [2.05, 4.69) is 5.32 Å². The van der Waals surface area contributed by atoms with Crippen molar-refractivity contribution in [3.05, 3.63) is 94.5 Å². The molecule has 0 bridgehead atoms. The van der Waals surface area contributed by atoms with Gasteiger partial charge < -0.3 is 15.0 Å². The summed E-state index contributed by atoms with van der Waals surface area (Å²) in [6, 6.07) is 14.3. The van der Waals surface area contributed by atoms with Crippen LogP contribution in [-0.2, 0) is 10.5 Å². The van der Waals surface area contributed by atoms with Crippen LogP contribution in [0.3, 0.4) is 0 Å². The van der Waals surface area contributed by atoms with E-state index in [0.29, 0.717) is 18.4 Å². The number of anilines is 2. The zero-order valence-electron chi connectivity index (χ0n) is 20.5. The van der Waals surface area contributed by atoms with Gasteiger partial charge in [-0.25, -0.2) is 4.39 Å². The van der Waals surface area contributed by atoms with E-state index in [4.69, 9.17) is 0 Å². The van der Waals surface area contributed by atoms with Gasteiger partial charge in [-0.15, -0.1) is 0 Å². The number of hydrogen-bond donors (Lipinski definition) is 1. The minimum Gasteiger partial charge on any atom is -0.322 e. The number of carbonyl (C=O) groups is 3. The SMILES string of the molecule is Cc1cc(C(F)(C(F)(F)F)C(F)(F)F)cc(C)c1NC(=O)c1cccc(N(CC=O)C(=O)c2ccccc2)c1. The third-order valence-corrected chi connectivity index (χ3v) is 5.89. The van der Waals surface area contributed by atoms with Crippen LogP contribution in [0.15, 0.2) is 66.7 Å². The molecule has 0 unspecified atom stereocenters. The highest BCUT2D eigenvalue weighted by atomic mass is 19.4. The zero-order valence-corrected chi connectivity index (χ0v) is 20.5. The van der Waals surface area contributed by atoms with Gasteiger partial charge in [-0.05, 0) is 55.3 Å². The number of aldehydes is 1. The lowest BCUT2D eigenvalue weighted by Crippen LogP contribution is -2.50. The number of rotatable bonds is 7. The van der Waals surface area contributed by atoms with Crippen LogP contribution in [0.4, 0.5) is 42.1 Å². The maximum absolute atomic E-state index is 14.5. The molecule has 3 aromatic rings. The Hall–Kier alpha value is -4.22. The molecule has 206 valence electrons. The molecule has 0 saturated heterocycles. The van der Waals surface area contributed by atoms with Crippen LogP contribution in [0.2, 0.25) is 0 Å². The topological polar surface area (TPSA) is 66.5 Å². The lowest BCUT2D eigenvalue weighted by Gasteiger charge is -2.31. The van der Waals surface area contributed by atoms with Crippen molar-refractivity contribution < 1.29 is 45.1 Å². The molecule has 0 fully saturated rings. The summed E-state index contributed by atoms with van der Waals surface area (Å²) in [6.07, 6.45) is -12.1. The van der Waals surface area contributed by atoms with Crippen LogP contribution in [0.25, 0.3) is 0 Å². The lowest BCUT2D eigenvalue weighted by molar-refractivity contribution is -0.348. The highest BCUT2D eigenvalue weighted by Crippen LogP contribution is 2.53. The predicted molar refractivity (Wildman–Crippen MR) is 129 cm³/mol. The van der Waals surface area contributed by atoms with Crippen LogP contribution in [0, 0.1) is 13.8 Å². The molecule has 0 aromatic heterocycles. The molecule has 0 aliphatic carbocycles. The minimum atomic E-state index is -6.28. The summed E-state index contributed by atoms with van der Waals surface area (Å²) in [6.45, 7) is 1.92. The molecule has 0 radical (unpaired) electrons. The number of aryl methyl sites for hydroxylation is 2. The smallest absolute Gasteiger partial charge is 0.322 e. The number of amides is 2. The second kappa shape index (κ2) is 10.9. The third-order valence-electron chi connectivity index (χ3n) is 5.89. The third kappa shape index (κ3) is 5.79. The fourth-order valence-corrected chi connectivity index (χ4v) is 3.97. The monoisotopic (exact) mass is 554 g/mol. The molecular formula is C27H21F7N2O3. The van der Waals surface area contributed by atoms with Crippen molar-refractivity contribution in [1.82, 2.24) is 0 Å². The van der Waals surface area contributed by atoms with Crippen molar-refractivity contribution in [3.8, 4) is 0 Å². The quantitative estimate of drug-likeness (QED) is 0.262. The molecular weight excluding hydrogens is 533 g/mol. The Morgan fingerprint density at radius 1 is 0.795 bits per heavy atom. The summed E-state index contributed by atoms with van der Waals surface area (Å²) in [5.41, 5.74) is -7.45. The second-order valence-electron chi connectivity index (χ2n) is 8.59. The van der Waals surface area contributed by atoms with E-state index in [1.807, 2.05) is 0 Å². The van der Waals surface area contributed by atoms with E-state index >= 15 is 0 Å². The average Bonchev–Trinajstić information content (AvgIpc) is 2.87. The molecule has 3 aromatic carbocycles. The molecule has 2 amide bonds. The van der Waals surface area contributed by atoms with E-state index in [9.17, 15) is 45.1 Å². The first kappa shape index (κ1) is 29.3. The van der Waals surface area contributed by atoms with Gasteiger partial charge in [0, 0.05) is 28.1 Å². The molecule has 3 rings (SSSR count). The Bertz CT molecular complexity index is 1350. The van der Waals surface area contributed by atoms with Gasteiger partial charge in [0.2, 0.25) is 0 Å². The van der Waals surface area contributed by atoms with Gasteiger partial charge in [0.25, 0.3) is 11.8 Å². The fraction of sp³-hybridized carbons (Fsp3) is 0.222. The number of halogens is 7. The maximum Gasteiger partial charge on any atom is 0.435 e. The van der Waals surface area contributed by atoms with E-state index in [1.54, 1.807) is 18.2 Å². The van der Waals surface area contributed by atoms with Gasteiger partial charge in [-0.1, -0.05) is 36.4 Å². The molecule has 0 atom stereocenters. The van der Waals surface area contributed by atoms with E-state index < -0.39 is 35.4 Å². The van der Waals surface area contributed by atoms with Gasteiger partial charge in [-0.2, -0.15) is 26.3 Å². The standard InChI is InChI=1S/C27H21F7N2O3/c1-16-13-20(25(28,26(29,30)31)27(32,33)34)14-17(2)22(16)35-23(38)19-9-6-10-21(15-19)36(11-12-37)24(39)18-7-4-3-5-8-18/h3-10,12-15H,11H2,1-2H3,(H,35,38). The number of hydrogen-bond acceptors (Lipinski definition) is 3. The molecule has 0 spiro atoms. The lowest BCUT2D eigenvalue weighted by atomic mass is 9.90. The predicted octanol–water partition coefficient (Wildman–Crippen LogP) is 6.69. The fourth-order valence-electron chi connectivity index (χ4n) is 3.97. The number of nitrogens with zero attached hydrogens (tertiary/aromatic N) is 1. The van der Waals surface area contributed by atoms with Gasteiger partial charge in [0.1, 0.15) is 6.29 Å². The average molecular weight is 554 g/mol. The molecule has 0 aliphatic heterocycles. The first-order valence-corrected chi connectivity index (χ1v) is 11.3. The Kier molecular flexibility index (Phi) is 8.18. The van der Waals surface area contributed by atoms with Crippen molar-refractivity contribution >= 4 is 29.5 Å². The van der Waals surface area contributed by atoms with Crippen LogP contribution in [0.5, 0.6) is 0 Å². The van der Waals surface area contributed by atoms with Crippen molar-refractivity contribution in [1.29, 1.82) is 0 Å². The van der Waals surface area contributed by atoms with Crippen molar-refractivity contribution in [2.75, 3.05) is 16.8 Å². The molecule has 0 aliphatic rings. The van der Waals surface area contributed by atoms with E-state index in [-0.39, 0.29) is 40.2 Å². The van der Waals surface area contributed by atoms with Gasteiger partial charge >= 0.3 is 18.0 Å². The molecule has 0 heterocycles. The van der Waals surface area contributed by atoms with Gasteiger partial charge in [-0.3, -0.25) is 9.59 Å². The summed E-state index contributed by atoms with van der Waals surface area (Å²) in [5, 5.41) is 2.41. The summed E-state index contributed by atoms with van der Waals surface area (Å²) < 4.78 is 93.7. The van der Waals surface area contributed by atoms with E-state index in [0.717, 1.165) is 18.7 Å². The van der Waals surface area contributed by atoms with Crippen molar-refractivity contribution in [3.63, 3.8) is 0 Å². The van der Waals surface area contributed by atoms with Gasteiger partial charge in [0.15, 0.2) is 0 Å². The minimum absolute atomic E-state index is 0.0300. The molecule has 5 nitrogen and oxygen atoms in total. The molecule has 1 N–H and O–H groups in total. The van der Waals surface area contributed by atoms with Crippen LogP contribution >= 0.6 is 0 Å². The number of alkyl halides is 7. The van der Waals surface area contributed by atoms with Crippen LogP contribution in [0.1, 0.15) is 37.4 Å². The summed E-state index contributed by atoms with van der Waals surface area (Å²) >= 11 is 0. The summed E-state index contributed by atoms with van der Waals surface area (Å²) in [4.78, 5) is 38.3. The van der Waals surface area contributed by atoms with E-state index in [1.165, 1.54) is 36.4 Å². The molecule has 0 saturated carbocycles. The normalized spacial score (nSPS) is 12.1.